The van der Waals surface area contributed by atoms with E-state index in [0.717, 1.165) is 48.6 Å². The molecule has 170 valence electrons. The van der Waals surface area contributed by atoms with Gasteiger partial charge in [-0.3, -0.25) is 9.48 Å². The molecule has 0 atom stereocenters. The molecule has 0 spiro atoms. The molecule has 0 radical (unpaired) electrons. The van der Waals surface area contributed by atoms with E-state index in [1.807, 2.05) is 31.2 Å². The smallest absolute Gasteiger partial charge is 0.272 e. The summed E-state index contributed by atoms with van der Waals surface area (Å²) in [6, 6.07) is 12.7. The highest BCUT2D eigenvalue weighted by molar-refractivity contribution is 6.05. The highest BCUT2D eigenvalue weighted by atomic mass is 19.1. The predicted molar refractivity (Wildman–Crippen MR) is 124 cm³/mol. The monoisotopic (exact) mass is 446 g/mol. The van der Waals surface area contributed by atoms with Crippen molar-refractivity contribution >= 4 is 16.8 Å². The molecule has 0 saturated carbocycles. The molecule has 5 rings (SSSR count). The molecule has 0 bridgehead atoms. The Labute approximate surface area is 191 Å². The van der Waals surface area contributed by atoms with Gasteiger partial charge in [0.05, 0.1) is 6.54 Å². The number of halogens is 1. The Kier molecular flexibility index (Phi) is 5.90. The number of carbonyl (C=O) groups is 1. The molecule has 0 fully saturated rings. The van der Waals surface area contributed by atoms with Gasteiger partial charge in [0.25, 0.3) is 5.91 Å². The van der Waals surface area contributed by atoms with Crippen LogP contribution in [0.5, 0.6) is 0 Å². The summed E-state index contributed by atoms with van der Waals surface area (Å²) in [5.41, 5.74) is 2.72. The van der Waals surface area contributed by atoms with Gasteiger partial charge in [0, 0.05) is 31.3 Å². The minimum absolute atomic E-state index is 0.233. The number of fused-ring (bicyclic) bond motifs is 2. The van der Waals surface area contributed by atoms with E-state index in [0.29, 0.717) is 30.4 Å². The lowest BCUT2D eigenvalue weighted by Gasteiger charge is -2.07. The van der Waals surface area contributed by atoms with Gasteiger partial charge in [-0.05, 0) is 31.4 Å². The summed E-state index contributed by atoms with van der Waals surface area (Å²) in [5.74, 6) is 1.22. The highest BCUT2D eigenvalue weighted by Crippen LogP contribution is 2.23. The average molecular weight is 447 g/mol. The maximum Gasteiger partial charge on any atom is 0.272 e. The number of rotatable bonds is 6. The van der Waals surface area contributed by atoms with E-state index < -0.39 is 5.82 Å². The van der Waals surface area contributed by atoms with Crippen LogP contribution < -0.4 is 5.32 Å². The number of hydrogen-bond acceptors (Lipinski definition) is 4. The maximum absolute atomic E-state index is 14.7. The van der Waals surface area contributed by atoms with E-state index in [2.05, 4.69) is 25.2 Å². The van der Waals surface area contributed by atoms with E-state index in [4.69, 9.17) is 0 Å². The summed E-state index contributed by atoms with van der Waals surface area (Å²) in [6.07, 6.45) is 5.02. The number of carbonyl (C=O) groups excluding carboxylic acids is 1. The van der Waals surface area contributed by atoms with Crippen molar-refractivity contribution in [3.63, 3.8) is 0 Å². The summed E-state index contributed by atoms with van der Waals surface area (Å²) in [5, 5.41) is 16.6. The van der Waals surface area contributed by atoms with Crippen molar-refractivity contribution < 1.29 is 9.18 Å². The third-order valence-electron chi connectivity index (χ3n) is 6.21. The topological polar surface area (TPSA) is 77.6 Å². The number of nitrogens with one attached hydrogen (secondary N) is 1. The zero-order valence-corrected chi connectivity index (χ0v) is 18.7. The summed E-state index contributed by atoms with van der Waals surface area (Å²) in [4.78, 5) is 13.0. The molecule has 0 saturated heterocycles. The van der Waals surface area contributed by atoms with Crippen LogP contribution in [-0.4, -0.2) is 37.0 Å². The van der Waals surface area contributed by atoms with Crippen LogP contribution in [0.3, 0.4) is 0 Å². The number of nitrogens with zero attached hydrogens (tertiary/aromatic N) is 5. The lowest BCUT2D eigenvalue weighted by atomic mass is 10.1. The van der Waals surface area contributed by atoms with Crippen molar-refractivity contribution in [2.24, 2.45) is 0 Å². The summed E-state index contributed by atoms with van der Waals surface area (Å²) in [7, 11) is 0. The van der Waals surface area contributed by atoms with Crippen LogP contribution in [0.1, 0.15) is 52.5 Å². The fourth-order valence-electron chi connectivity index (χ4n) is 4.44. The molecule has 33 heavy (non-hydrogen) atoms. The normalized spacial score (nSPS) is 13.6. The van der Waals surface area contributed by atoms with E-state index in [1.54, 1.807) is 16.8 Å². The molecule has 2 aromatic carbocycles. The fourth-order valence-corrected chi connectivity index (χ4v) is 4.44. The van der Waals surface area contributed by atoms with Gasteiger partial charge < -0.3 is 9.88 Å². The first kappa shape index (κ1) is 21.3. The largest absolute Gasteiger partial charge is 0.350 e. The summed E-state index contributed by atoms with van der Waals surface area (Å²) in [6.45, 7) is 3.75. The fraction of sp³-hybridized carbons (Fsp3) is 0.360. The van der Waals surface area contributed by atoms with Gasteiger partial charge in [-0.2, -0.15) is 5.10 Å². The van der Waals surface area contributed by atoms with Gasteiger partial charge >= 0.3 is 0 Å². The Morgan fingerprint density at radius 1 is 1.09 bits per heavy atom. The SMILES string of the molecule is Cc1ccc(Cn2nc(C(=O)NCCc3nnc4n3CCCCC4)c3cccc(F)c32)cc1. The molecule has 7 nitrogen and oxygen atoms in total. The van der Waals surface area contributed by atoms with Gasteiger partial charge in [0.2, 0.25) is 0 Å². The second-order valence-electron chi connectivity index (χ2n) is 8.63. The minimum atomic E-state index is -0.391. The van der Waals surface area contributed by atoms with Gasteiger partial charge in [0.1, 0.15) is 23.0 Å². The Morgan fingerprint density at radius 3 is 2.79 bits per heavy atom. The molecule has 1 aliphatic heterocycles. The van der Waals surface area contributed by atoms with Gasteiger partial charge in [-0.15, -0.1) is 10.2 Å². The molecule has 1 N–H and O–H groups in total. The van der Waals surface area contributed by atoms with Gasteiger partial charge in [0.15, 0.2) is 5.69 Å². The molecule has 2 aromatic heterocycles. The molecule has 0 unspecified atom stereocenters. The number of hydrogen-bond donors (Lipinski definition) is 1. The second-order valence-corrected chi connectivity index (χ2v) is 8.63. The van der Waals surface area contributed by atoms with Crippen molar-refractivity contribution in [3.05, 3.63) is 76.8 Å². The lowest BCUT2D eigenvalue weighted by Crippen LogP contribution is -2.27. The van der Waals surface area contributed by atoms with Crippen molar-refractivity contribution in [2.75, 3.05) is 6.54 Å². The van der Waals surface area contributed by atoms with Crippen LogP contribution in [-0.2, 0) is 25.9 Å². The summed E-state index contributed by atoms with van der Waals surface area (Å²) < 4.78 is 18.5. The molecule has 1 aliphatic rings. The quantitative estimate of drug-likeness (QED) is 0.488. The Hall–Kier alpha value is -3.55. The van der Waals surface area contributed by atoms with E-state index in [-0.39, 0.29) is 11.6 Å². The van der Waals surface area contributed by atoms with Crippen LogP contribution in [0.25, 0.3) is 10.9 Å². The van der Waals surface area contributed by atoms with Gasteiger partial charge in [-0.25, -0.2) is 4.39 Å². The number of para-hydroxylation sites is 1. The number of aryl methyl sites for hydroxylation is 2. The second kappa shape index (κ2) is 9.13. The maximum atomic E-state index is 14.7. The van der Waals surface area contributed by atoms with Crippen molar-refractivity contribution in [1.29, 1.82) is 0 Å². The van der Waals surface area contributed by atoms with Crippen LogP contribution >= 0.6 is 0 Å². The first-order chi connectivity index (χ1) is 16.1. The van der Waals surface area contributed by atoms with E-state index in [1.165, 1.54) is 12.5 Å². The van der Waals surface area contributed by atoms with Crippen LogP contribution in [0.15, 0.2) is 42.5 Å². The highest BCUT2D eigenvalue weighted by Gasteiger charge is 2.20. The van der Waals surface area contributed by atoms with Gasteiger partial charge in [-0.1, -0.05) is 48.4 Å². The summed E-state index contributed by atoms with van der Waals surface area (Å²) >= 11 is 0. The van der Waals surface area contributed by atoms with Crippen molar-refractivity contribution in [1.82, 2.24) is 29.9 Å². The van der Waals surface area contributed by atoms with E-state index in [9.17, 15) is 9.18 Å². The van der Waals surface area contributed by atoms with Crippen LogP contribution in [0.2, 0.25) is 0 Å². The van der Waals surface area contributed by atoms with E-state index >= 15 is 0 Å². The predicted octanol–water partition coefficient (Wildman–Crippen LogP) is 3.82. The van der Waals surface area contributed by atoms with Crippen molar-refractivity contribution in [2.45, 2.75) is 52.1 Å². The van der Waals surface area contributed by atoms with Crippen molar-refractivity contribution in [3.8, 4) is 0 Å². The third-order valence-corrected chi connectivity index (χ3v) is 6.21. The standard InChI is InChI=1S/C25H27FN6O/c1-17-9-11-18(12-10-17)16-32-24-19(6-5-7-20(24)26)23(30-32)25(33)27-14-13-22-29-28-21-8-3-2-4-15-31(21)22/h5-7,9-12H,2-4,8,13-16H2,1H3,(H,27,33). The Balaban J connectivity index is 1.34. The minimum Gasteiger partial charge on any atom is -0.350 e. The molecule has 4 aromatic rings. The molecule has 1 amide bonds. The molecule has 3 heterocycles. The zero-order valence-electron chi connectivity index (χ0n) is 18.7. The number of aromatic nitrogens is 5. The van der Waals surface area contributed by atoms with Crippen LogP contribution in [0, 0.1) is 12.7 Å². The Bertz CT molecular complexity index is 1290. The number of amides is 1. The molecular weight excluding hydrogens is 419 g/mol. The lowest BCUT2D eigenvalue weighted by molar-refractivity contribution is 0.0949. The van der Waals surface area contributed by atoms with Crippen LogP contribution in [0.4, 0.5) is 4.39 Å². The first-order valence-electron chi connectivity index (χ1n) is 11.5. The zero-order chi connectivity index (χ0) is 22.8. The Morgan fingerprint density at radius 2 is 1.94 bits per heavy atom. The molecular formula is C25H27FN6O. The first-order valence-corrected chi connectivity index (χ1v) is 11.5. The number of benzene rings is 2. The third kappa shape index (κ3) is 4.37. The molecule has 8 heteroatoms. The average Bonchev–Trinajstić information content (AvgIpc) is 3.28. The molecule has 0 aliphatic carbocycles.